The third kappa shape index (κ3) is 3.53. The predicted molar refractivity (Wildman–Crippen MR) is 95.6 cm³/mol. The molecule has 3 aliphatic heterocycles. The molecule has 1 aliphatic carbocycles. The zero-order valence-corrected chi connectivity index (χ0v) is 15.5. The van der Waals surface area contributed by atoms with E-state index in [0.717, 1.165) is 71.1 Å². The fourth-order valence-corrected chi connectivity index (χ4v) is 4.84. The molecule has 6 heteroatoms. The number of rotatable bonds is 5. The lowest BCUT2D eigenvalue weighted by Crippen LogP contribution is -2.76. The van der Waals surface area contributed by atoms with E-state index < -0.39 is 0 Å². The molecule has 1 saturated carbocycles. The molecule has 4 fully saturated rings. The van der Waals surface area contributed by atoms with Crippen LogP contribution in [0.5, 0.6) is 0 Å². The minimum atomic E-state index is 0.0935. The van der Waals surface area contributed by atoms with Crippen LogP contribution in [0.25, 0.3) is 0 Å². The third-order valence-corrected chi connectivity index (χ3v) is 6.64. The number of urea groups is 1. The molecule has 1 N–H and O–H groups in total. The average Bonchev–Trinajstić information content (AvgIpc) is 3.46. The maximum atomic E-state index is 12.0. The molecular formula is C19H33N3O3. The summed E-state index contributed by atoms with van der Waals surface area (Å²) in [6.07, 6.45) is 7.44. The highest BCUT2D eigenvalue weighted by atomic mass is 16.5. The minimum Gasteiger partial charge on any atom is -0.381 e. The van der Waals surface area contributed by atoms with E-state index in [-0.39, 0.29) is 11.6 Å². The monoisotopic (exact) mass is 351 g/mol. The maximum Gasteiger partial charge on any atom is 0.317 e. The summed E-state index contributed by atoms with van der Waals surface area (Å²) >= 11 is 0. The van der Waals surface area contributed by atoms with Gasteiger partial charge in [0.25, 0.3) is 0 Å². The van der Waals surface area contributed by atoms with Crippen LogP contribution in [0.2, 0.25) is 0 Å². The zero-order chi connectivity index (χ0) is 17.3. The number of nitrogens with one attached hydrogen (secondary N) is 1. The number of carbonyl (C=O) groups is 1. The molecule has 2 amide bonds. The van der Waals surface area contributed by atoms with Gasteiger partial charge in [-0.3, -0.25) is 4.90 Å². The Labute approximate surface area is 151 Å². The largest absolute Gasteiger partial charge is 0.381 e. The van der Waals surface area contributed by atoms with Crippen molar-refractivity contribution in [1.29, 1.82) is 0 Å². The van der Waals surface area contributed by atoms with Crippen molar-refractivity contribution in [2.75, 3.05) is 46.0 Å². The Hall–Kier alpha value is -0.850. The molecule has 1 unspecified atom stereocenters. The molecule has 4 rings (SSSR count). The lowest BCUT2D eigenvalue weighted by molar-refractivity contribution is -0.217. The summed E-state index contributed by atoms with van der Waals surface area (Å²) in [6, 6.07) is 0.681. The van der Waals surface area contributed by atoms with E-state index in [1.54, 1.807) is 0 Å². The Morgan fingerprint density at radius 3 is 2.56 bits per heavy atom. The standard InChI is InChI=1S/C19H33N3O3/c1-2-20-18(23)21-9-5-16(6-10-21)22-13-17(25-14-15-3-4-15)19(22)7-11-24-12-8-19/h15-17H,2-14H2,1H3,(H,20,23). The molecule has 0 radical (unpaired) electrons. The van der Waals surface area contributed by atoms with Crippen LogP contribution in [-0.2, 0) is 9.47 Å². The van der Waals surface area contributed by atoms with E-state index in [4.69, 9.17) is 9.47 Å². The highest BCUT2D eigenvalue weighted by molar-refractivity contribution is 5.74. The molecule has 0 bridgehead atoms. The van der Waals surface area contributed by atoms with Gasteiger partial charge in [-0.25, -0.2) is 4.79 Å². The van der Waals surface area contributed by atoms with Crippen LogP contribution in [0.15, 0.2) is 0 Å². The van der Waals surface area contributed by atoms with E-state index >= 15 is 0 Å². The molecule has 1 spiro atoms. The number of nitrogens with zero attached hydrogens (tertiary/aromatic N) is 2. The van der Waals surface area contributed by atoms with E-state index in [9.17, 15) is 4.79 Å². The minimum absolute atomic E-state index is 0.0935. The van der Waals surface area contributed by atoms with Crippen LogP contribution >= 0.6 is 0 Å². The second-order valence-corrected chi connectivity index (χ2v) is 8.19. The van der Waals surface area contributed by atoms with Crippen molar-refractivity contribution in [3.63, 3.8) is 0 Å². The van der Waals surface area contributed by atoms with Crippen molar-refractivity contribution in [3.05, 3.63) is 0 Å². The number of hydrogen-bond donors (Lipinski definition) is 1. The highest BCUT2D eigenvalue weighted by Crippen LogP contribution is 2.45. The summed E-state index contributed by atoms with van der Waals surface area (Å²) in [7, 11) is 0. The van der Waals surface area contributed by atoms with Crippen LogP contribution in [-0.4, -0.2) is 79.5 Å². The third-order valence-electron chi connectivity index (χ3n) is 6.64. The Balaban J connectivity index is 1.34. The lowest BCUT2D eigenvalue weighted by atomic mass is 9.73. The predicted octanol–water partition coefficient (Wildman–Crippen LogP) is 1.84. The molecule has 3 heterocycles. The first-order valence-electron chi connectivity index (χ1n) is 10.2. The molecule has 3 saturated heterocycles. The van der Waals surface area contributed by atoms with Crippen molar-refractivity contribution in [1.82, 2.24) is 15.1 Å². The summed E-state index contributed by atoms with van der Waals surface area (Å²) in [6.45, 7) is 8.15. The van der Waals surface area contributed by atoms with Gasteiger partial charge < -0.3 is 19.7 Å². The molecule has 0 aromatic rings. The summed E-state index contributed by atoms with van der Waals surface area (Å²) in [5.41, 5.74) is 0.200. The van der Waals surface area contributed by atoms with Gasteiger partial charge in [-0.2, -0.15) is 0 Å². The first-order chi connectivity index (χ1) is 12.2. The van der Waals surface area contributed by atoms with Gasteiger partial charge in [0.1, 0.15) is 0 Å². The summed E-state index contributed by atoms with van der Waals surface area (Å²) in [5.74, 6) is 0.825. The molecule has 4 aliphatic rings. The maximum absolute atomic E-state index is 12.0. The number of ether oxygens (including phenoxy) is 2. The molecular weight excluding hydrogens is 318 g/mol. The average molecular weight is 351 g/mol. The van der Waals surface area contributed by atoms with Gasteiger partial charge in [0, 0.05) is 52.0 Å². The van der Waals surface area contributed by atoms with Crippen molar-refractivity contribution >= 4 is 6.03 Å². The topological polar surface area (TPSA) is 54.0 Å². The van der Waals surface area contributed by atoms with Crippen LogP contribution in [0.3, 0.4) is 0 Å². The normalized spacial score (nSPS) is 30.3. The van der Waals surface area contributed by atoms with Crippen molar-refractivity contribution in [3.8, 4) is 0 Å². The quantitative estimate of drug-likeness (QED) is 0.821. The lowest BCUT2D eigenvalue weighted by Gasteiger charge is -2.63. The Bertz CT molecular complexity index is 469. The fourth-order valence-electron chi connectivity index (χ4n) is 4.84. The van der Waals surface area contributed by atoms with Crippen LogP contribution in [0.4, 0.5) is 4.79 Å². The molecule has 1 atom stereocenters. The Kier molecular flexibility index (Phi) is 5.20. The smallest absolute Gasteiger partial charge is 0.317 e. The number of piperidine rings is 1. The second kappa shape index (κ2) is 7.41. The van der Waals surface area contributed by atoms with E-state index in [2.05, 4.69) is 10.2 Å². The number of amides is 2. The van der Waals surface area contributed by atoms with Gasteiger partial charge in [-0.05, 0) is 51.4 Å². The van der Waals surface area contributed by atoms with Crippen LogP contribution < -0.4 is 5.32 Å². The number of hydrogen-bond acceptors (Lipinski definition) is 4. The first-order valence-corrected chi connectivity index (χ1v) is 10.2. The summed E-state index contributed by atoms with van der Waals surface area (Å²) in [4.78, 5) is 16.7. The van der Waals surface area contributed by atoms with Gasteiger partial charge in [0.05, 0.1) is 11.6 Å². The van der Waals surface area contributed by atoms with Gasteiger partial charge in [-0.15, -0.1) is 0 Å². The zero-order valence-electron chi connectivity index (χ0n) is 15.5. The van der Waals surface area contributed by atoms with Gasteiger partial charge in [0.15, 0.2) is 0 Å². The number of carbonyl (C=O) groups excluding carboxylic acids is 1. The van der Waals surface area contributed by atoms with Crippen molar-refractivity contribution < 1.29 is 14.3 Å². The number of likely N-dealkylation sites (tertiary alicyclic amines) is 2. The van der Waals surface area contributed by atoms with Gasteiger partial charge in [-0.1, -0.05) is 0 Å². The molecule has 0 aromatic carbocycles. The molecule has 25 heavy (non-hydrogen) atoms. The van der Waals surface area contributed by atoms with Gasteiger partial charge in [0.2, 0.25) is 0 Å². The first kappa shape index (κ1) is 17.6. The molecule has 0 aromatic heterocycles. The van der Waals surface area contributed by atoms with Crippen LogP contribution in [0, 0.1) is 5.92 Å². The van der Waals surface area contributed by atoms with Gasteiger partial charge >= 0.3 is 6.03 Å². The summed E-state index contributed by atoms with van der Waals surface area (Å²) in [5, 5.41) is 2.92. The van der Waals surface area contributed by atoms with E-state index in [0.29, 0.717) is 18.7 Å². The Morgan fingerprint density at radius 1 is 1.20 bits per heavy atom. The molecule has 142 valence electrons. The van der Waals surface area contributed by atoms with Crippen molar-refractivity contribution in [2.24, 2.45) is 5.92 Å². The molecule has 6 nitrogen and oxygen atoms in total. The van der Waals surface area contributed by atoms with Crippen molar-refractivity contribution in [2.45, 2.75) is 63.1 Å². The second-order valence-electron chi connectivity index (χ2n) is 8.19. The SMILES string of the molecule is CCNC(=O)N1CCC(N2CC(OCC3CC3)C23CCOCC3)CC1. The fraction of sp³-hybridized carbons (Fsp3) is 0.947. The summed E-state index contributed by atoms with van der Waals surface area (Å²) < 4.78 is 12.0. The van der Waals surface area contributed by atoms with E-state index in [1.807, 2.05) is 11.8 Å². The van der Waals surface area contributed by atoms with E-state index in [1.165, 1.54) is 12.8 Å². The Morgan fingerprint density at radius 2 is 1.92 bits per heavy atom. The highest BCUT2D eigenvalue weighted by Gasteiger charge is 2.57. The van der Waals surface area contributed by atoms with Crippen LogP contribution in [0.1, 0.15) is 45.4 Å².